The number of hydrogen-bond acceptors (Lipinski definition) is 4. The lowest BCUT2D eigenvalue weighted by Gasteiger charge is -2.16. The van der Waals surface area contributed by atoms with Crippen LogP contribution in [0.2, 0.25) is 0 Å². The minimum absolute atomic E-state index is 0.0323. The molecule has 5 nitrogen and oxygen atoms in total. The molecule has 0 radical (unpaired) electrons. The van der Waals surface area contributed by atoms with Gasteiger partial charge in [0.1, 0.15) is 11.4 Å². The van der Waals surface area contributed by atoms with Crippen molar-refractivity contribution >= 4 is 27.5 Å². The van der Waals surface area contributed by atoms with E-state index in [-0.39, 0.29) is 18.0 Å². The molecule has 1 amide bonds. The van der Waals surface area contributed by atoms with Crippen molar-refractivity contribution in [3.8, 4) is 0 Å². The van der Waals surface area contributed by atoms with E-state index in [1.165, 1.54) is 21.4 Å². The number of carbonyl (C=O) groups is 1. The van der Waals surface area contributed by atoms with Gasteiger partial charge >= 0.3 is 0 Å². The van der Waals surface area contributed by atoms with E-state index < -0.39 is 0 Å². The van der Waals surface area contributed by atoms with Gasteiger partial charge in [-0.2, -0.15) is 0 Å². The average molecular weight is 317 g/mol. The summed E-state index contributed by atoms with van der Waals surface area (Å²) < 4.78 is 1.49. The average Bonchev–Trinajstić information content (AvgIpc) is 3.17. The summed E-state index contributed by atoms with van der Waals surface area (Å²) >= 11 is 1.65. The van der Waals surface area contributed by atoms with Gasteiger partial charge in [-0.3, -0.25) is 14.2 Å². The van der Waals surface area contributed by atoms with Gasteiger partial charge in [-0.15, -0.1) is 11.3 Å². The Bertz CT molecular complexity index is 787. The van der Waals surface area contributed by atoms with E-state index in [1.807, 2.05) is 4.90 Å². The highest BCUT2D eigenvalue weighted by Gasteiger charge is 2.22. The van der Waals surface area contributed by atoms with Gasteiger partial charge in [0.05, 0.1) is 11.7 Å². The molecule has 1 fully saturated rings. The number of amides is 1. The molecule has 2 aliphatic rings. The van der Waals surface area contributed by atoms with E-state index in [1.54, 1.807) is 17.7 Å². The summed E-state index contributed by atoms with van der Waals surface area (Å²) in [6, 6.07) is 0. The molecule has 3 heterocycles. The van der Waals surface area contributed by atoms with Crippen molar-refractivity contribution < 1.29 is 4.79 Å². The number of hydrogen-bond donors (Lipinski definition) is 0. The number of rotatable bonds is 2. The van der Waals surface area contributed by atoms with Gasteiger partial charge in [0.15, 0.2) is 0 Å². The fourth-order valence-electron chi connectivity index (χ4n) is 3.51. The van der Waals surface area contributed by atoms with Crippen LogP contribution in [0.15, 0.2) is 11.1 Å². The zero-order chi connectivity index (χ0) is 15.1. The lowest BCUT2D eigenvalue weighted by atomic mass is 9.97. The van der Waals surface area contributed by atoms with Crippen LogP contribution in [0.4, 0.5) is 0 Å². The number of aryl methyl sites for hydroxylation is 2. The Morgan fingerprint density at radius 2 is 1.95 bits per heavy atom. The lowest BCUT2D eigenvalue weighted by Crippen LogP contribution is -2.34. The third-order valence-corrected chi connectivity index (χ3v) is 5.91. The summed E-state index contributed by atoms with van der Waals surface area (Å²) in [5.74, 6) is 0.0323. The van der Waals surface area contributed by atoms with Crippen molar-refractivity contribution in [1.82, 2.24) is 14.5 Å². The van der Waals surface area contributed by atoms with Gasteiger partial charge in [-0.1, -0.05) is 0 Å². The van der Waals surface area contributed by atoms with Crippen molar-refractivity contribution in [2.24, 2.45) is 0 Å². The first-order chi connectivity index (χ1) is 10.7. The zero-order valence-corrected chi connectivity index (χ0v) is 13.3. The number of carbonyl (C=O) groups excluding carboxylic acids is 1. The van der Waals surface area contributed by atoms with Crippen LogP contribution >= 0.6 is 11.3 Å². The molecular weight excluding hydrogens is 298 g/mol. The number of thiophene rings is 1. The Balaban J connectivity index is 1.71. The molecule has 0 bridgehead atoms. The standard InChI is InChI=1S/C16H19N3O2S/c20-13(18-7-3-4-8-18)9-19-10-17-15-14(16(19)21)11-5-1-2-6-12(11)22-15/h10H,1-9H2. The maximum Gasteiger partial charge on any atom is 0.262 e. The fraction of sp³-hybridized carbons (Fsp3) is 0.562. The Labute approximate surface area is 132 Å². The molecule has 0 spiro atoms. The molecule has 4 rings (SSSR count). The molecule has 1 saturated heterocycles. The second-order valence-corrected chi connectivity index (χ2v) is 7.24. The predicted octanol–water partition coefficient (Wildman–Crippen LogP) is 1.96. The largest absolute Gasteiger partial charge is 0.341 e. The van der Waals surface area contributed by atoms with E-state index in [4.69, 9.17) is 0 Å². The van der Waals surface area contributed by atoms with Crippen LogP contribution in [0.5, 0.6) is 0 Å². The monoisotopic (exact) mass is 317 g/mol. The molecule has 0 unspecified atom stereocenters. The molecule has 2 aromatic heterocycles. The highest BCUT2D eigenvalue weighted by Crippen LogP contribution is 2.33. The van der Waals surface area contributed by atoms with Gasteiger partial charge in [0, 0.05) is 18.0 Å². The molecule has 0 N–H and O–H groups in total. The first kappa shape index (κ1) is 13.9. The number of fused-ring (bicyclic) bond motifs is 3. The summed E-state index contributed by atoms with van der Waals surface area (Å²) in [4.78, 5) is 33.5. The van der Waals surface area contributed by atoms with E-state index >= 15 is 0 Å². The summed E-state index contributed by atoms with van der Waals surface area (Å²) in [7, 11) is 0. The van der Waals surface area contributed by atoms with Gasteiger partial charge < -0.3 is 4.90 Å². The zero-order valence-electron chi connectivity index (χ0n) is 12.5. The third kappa shape index (κ3) is 2.26. The molecule has 0 atom stereocenters. The lowest BCUT2D eigenvalue weighted by molar-refractivity contribution is -0.130. The van der Waals surface area contributed by atoms with E-state index in [9.17, 15) is 9.59 Å². The Hall–Kier alpha value is -1.69. The van der Waals surface area contributed by atoms with E-state index in [0.29, 0.717) is 0 Å². The Morgan fingerprint density at radius 1 is 1.18 bits per heavy atom. The Morgan fingerprint density at radius 3 is 2.77 bits per heavy atom. The molecule has 22 heavy (non-hydrogen) atoms. The van der Waals surface area contributed by atoms with Crippen molar-refractivity contribution in [3.05, 3.63) is 27.1 Å². The molecule has 0 saturated carbocycles. The molecule has 1 aliphatic carbocycles. The molecule has 6 heteroatoms. The minimum atomic E-state index is -0.0445. The van der Waals surface area contributed by atoms with Crippen LogP contribution < -0.4 is 5.56 Å². The van der Waals surface area contributed by atoms with Gasteiger partial charge in [-0.25, -0.2) is 4.98 Å². The molecule has 1 aliphatic heterocycles. The normalized spacial score (nSPS) is 17.9. The van der Waals surface area contributed by atoms with Gasteiger partial charge in [-0.05, 0) is 44.1 Å². The Kier molecular flexibility index (Phi) is 3.48. The maximum atomic E-state index is 12.8. The molecule has 116 valence electrons. The van der Waals surface area contributed by atoms with Crippen molar-refractivity contribution in [2.45, 2.75) is 45.1 Å². The van der Waals surface area contributed by atoms with Crippen LogP contribution in [0.1, 0.15) is 36.1 Å². The quantitative estimate of drug-likeness (QED) is 0.851. The van der Waals surface area contributed by atoms with Crippen LogP contribution in [-0.4, -0.2) is 33.4 Å². The predicted molar refractivity (Wildman–Crippen MR) is 86.3 cm³/mol. The van der Waals surface area contributed by atoms with Gasteiger partial charge in [0.25, 0.3) is 5.56 Å². The van der Waals surface area contributed by atoms with Crippen molar-refractivity contribution in [2.75, 3.05) is 13.1 Å². The summed E-state index contributed by atoms with van der Waals surface area (Å²) in [6.45, 7) is 1.75. The van der Waals surface area contributed by atoms with E-state index in [2.05, 4.69) is 4.98 Å². The van der Waals surface area contributed by atoms with Crippen molar-refractivity contribution in [3.63, 3.8) is 0 Å². The third-order valence-electron chi connectivity index (χ3n) is 4.71. The van der Waals surface area contributed by atoms with Crippen LogP contribution in [0.25, 0.3) is 10.2 Å². The minimum Gasteiger partial charge on any atom is -0.341 e. The molecule has 2 aromatic rings. The number of likely N-dealkylation sites (tertiary alicyclic amines) is 1. The fourth-order valence-corrected chi connectivity index (χ4v) is 4.73. The highest BCUT2D eigenvalue weighted by molar-refractivity contribution is 7.18. The topological polar surface area (TPSA) is 55.2 Å². The van der Waals surface area contributed by atoms with Gasteiger partial charge in [0.2, 0.25) is 5.91 Å². The highest BCUT2D eigenvalue weighted by atomic mass is 32.1. The summed E-state index contributed by atoms with van der Waals surface area (Å²) in [5, 5.41) is 0.761. The summed E-state index contributed by atoms with van der Waals surface area (Å²) in [6.07, 6.45) is 8.03. The van der Waals surface area contributed by atoms with Crippen LogP contribution in [0.3, 0.4) is 0 Å². The second kappa shape index (κ2) is 5.50. The maximum absolute atomic E-state index is 12.8. The van der Waals surface area contributed by atoms with Crippen LogP contribution in [-0.2, 0) is 24.2 Å². The number of nitrogens with zero attached hydrogens (tertiary/aromatic N) is 3. The summed E-state index contributed by atoms with van der Waals surface area (Å²) in [5.41, 5.74) is 1.14. The molecule has 0 aromatic carbocycles. The molecular formula is C16H19N3O2S. The second-order valence-electron chi connectivity index (χ2n) is 6.16. The van der Waals surface area contributed by atoms with E-state index in [0.717, 1.165) is 55.4 Å². The number of aromatic nitrogens is 2. The first-order valence-corrected chi connectivity index (χ1v) is 8.83. The smallest absolute Gasteiger partial charge is 0.262 e. The first-order valence-electron chi connectivity index (χ1n) is 8.01. The van der Waals surface area contributed by atoms with Crippen LogP contribution in [0, 0.1) is 0 Å². The SMILES string of the molecule is O=C(Cn1cnc2sc3c(c2c1=O)CCCC3)N1CCCC1. The van der Waals surface area contributed by atoms with Crippen molar-refractivity contribution in [1.29, 1.82) is 0 Å².